The van der Waals surface area contributed by atoms with Crippen molar-refractivity contribution in [2.75, 3.05) is 20.0 Å². The van der Waals surface area contributed by atoms with Gasteiger partial charge in [-0.1, -0.05) is 53.8 Å². The van der Waals surface area contributed by atoms with Crippen LogP contribution in [0, 0.1) is 5.41 Å². The van der Waals surface area contributed by atoms with E-state index in [0.717, 1.165) is 29.5 Å². The van der Waals surface area contributed by atoms with E-state index >= 15 is 0 Å². The number of aliphatic imine (C=N–C) groups is 1. The lowest BCUT2D eigenvalue weighted by Crippen LogP contribution is -2.38. The molecule has 0 radical (unpaired) electrons. The van der Waals surface area contributed by atoms with Crippen molar-refractivity contribution >= 4 is 41.1 Å². The van der Waals surface area contributed by atoms with Crippen LogP contribution in [0.5, 0.6) is 0 Å². The number of benzene rings is 3. The van der Waals surface area contributed by atoms with Crippen molar-refractivity contribution in [1.82, 2.24) is 4.57 Å². The molecule has 0 amide bonds. The van der Waals surface area contributed by atoms with E-state index in [2.05, 4.69) is 22.6 Å². The van der Waals surface area contributed by atoms with Crippen LogP contribution in [-0.4, -0.2) is 30.3 Å². The molecular formula is C27H21F6N3S2. The molecule has 0 spiro atoms. The fourth-order valence-electron chi connectivity index (χ4n) is 3.61. The first kappa shape index (κ1) is 27.7. The lowest BCUT2D eigenvalue weighted by molar-refractivity contribution is -0.137. The molecule has 4 aromatic rings. The molecule has 1 heterocycles. The summed E-state index contributed by atoms with van der Waals surface area (Å²) in [6.45, 7) is -4.42. The summed E-state index contributed by atoms with van der Waals surface area (Å²) in [5.41, 5.74) is -2.79. The molecule has 0 unspecified atom stereocenters. The van der Waals surface area contributed by atoms with E-state index in [0.29, 0.717) is 16.2 Å². The minimum absolute atomic E-state index is 0.0808. The molecule has 0 bridgehead atoms. The molecule has 1 aromatic heterocycles. The van der Waals surface area contributed by atoms with Crippen LogP contribution in [0.1, 0.15) is 10.4 Å². The van der Waals surface area contributed by atoms with Crippen molar-refractivity contribution in [3.8, 4) is 5.69 Å². The first-order valence-corrected chi connectivity index (χ1v) is 12.5. The molecule has 0 saturated carbocycles. The van der Waals surface area contributed by atoms with E-state index < -0.39 is 42.9 Å². The highest BCUT2D eigenvalue weighted by Crippen LogP contribution is 2.36. The minimum Gasteiger partial charge on any atom is -0.279 e. The zero-order chi connectivity index (χ0) is 27.3. The standard InChI is InChI=1S/C27H21F6N3S2/c28-15-26(16-29,17-30)23(34-20-11-7-8-18(14-20)27(31,32)33)22-24(37)36(21-12-5-2-6-13-21)25(38-22)35-19-9-3-1-4-10-19/h1-14,37H,15-17H2. The van der Waals surface area contributed by atoms with Gasteiger partial charge in [-0.05, 0) is 42.5 Å². The Morgan fingerprint density at radius 1 is 0.789 bits per heavy atom. The zero-order valence-electron chi connectivity index (χ0n) is 19.7. The number of thiol groups is 1. The van der Waals surface area contributed by atoms with Gasteiger partial charge in [0.25, 0.3) is 0 Å². The second-order valence-electron chi connectivity index (χ2n) is 8.35. The van der Waals surface area contributed by atoms with Crippen molar-refractivity contribution in [3.63, 3.8) is 0 Å². The topological polar surface area (TPSA) is 29.6 Å². The summed E-state index contributed by atoms with van der Waals surface area (Å²) in [7, 11) is 0. The first-order chi connectivity index (χ1) is 18.2. The molecule has 3 nitrogen and oxygen atoms in total. The maximum atomic E-state index is 14.3. The van der Waals surface area contributed by atoms with Crippen molar-refractivity contribution in [3.05, 3.63) is 100 Å². The molecule has 3 aromatic carbocycles. The molecule has 4 rings (SSSR count). The number of para-hydroxylation sites is 2. The number of hydrogen-bond acceptors (Lipinski definition) is 4. The molecule has 0 atom stereocenters. The normalized spacial score (nSPS) is 13.2. The van der Waals surface area contributed by atoms with Gasteiger partial charge in [0.2, 0.25) is 0 Å². The first-order valence-electron chi connectivity index (χ1n) is 11.3. The van der Waals surface area contributed by atoms with Crippen LogP contribution >= 0.6 is 24.0 Å². The third-order valence-electron chi connectivity index (χ3n) is 5.69. The SMILES string of the molecule is FCC(CF)(CF)C(=Nc1cccc(C(F)(F)F)c1)c1sc(=Nc2ccccc2)n(-c2ccccc2)c1S. The highest BCUT2D eigenvalue weighted by Gasteiger charge is 2.40. The van der Waals surface area contributed by atoms with E-state index in [1.54, 1.807) is 59.2 Å². The Bertz CT molecular complexity index is 1470. The van der Waals surface area contributed by atoms with Gasteiger partial charge in [0.15, 0.2) is 4.80 Å². The van der Waals surface area contributed by atoms with E-state index in [9.17, 15) is 26.3 Å². The van der Waals surface area contributed by atoms with E-state index in [1.807, 2.05) is 6.07 Å². The number of nitrogens with zero attached hydrogens (tertiary/aromatic N) is 3. The number of hydrogen-bond donors (Lipinski definition) is 1. The van der Waals surface area contributed by atoms with Gasteiger partial charge in [-0.15, -0.1) is 12.6 Å². The Morgan fingerprint density at radius 2 is 1.37 bits per heavy atom. The molecule has 0 saturated heterocycles. The van der Waals surface area contributed by atoms with Crippen LogP contribution in [-0.2, 0) is 6.18 Å². The van der Waals surface area contributed by atoms with Gasteiger partial charge in [0.1, 0.15) is 20.0 Å². The molecule has 0 N–H and O–H groups in total. The average molecular weight is 566 g/mol. The average Bonchev–Trinajstić information content (AvgIpc) is 3.25. The van der Waals surface area contributed by atoms with Crippen LogP contribution in [0.4, 0.5) is 37.7 Å². The highest BCUT2D eigenvalue weighted by atomic mass is 32.1. The number of aromatic nitrogens is 1. The Morgan fingerprint density at radius 3 is 1.95 bits per heavy atom. The summed E-state index contributed by atoms with van der Waals surface area (Å²) in [5.74, 6) is 0. The van der Waals surface area contributed by atoms with Gasteiger partial charge in [-0.3, -0.25) is 9.56 Å². The maximum absolute atomic E-state index is 14.3. The predicted octanol–water partition coefficient (Wildman–Crippen LogP) is 8.09. The highest BCUT2D eigenvalue weighted by molar-refractivity contribution is 7.80. The monoisotopic (exact) mass is 565 g/mol. The lowest BCUT2D eigenvalue weighted by Gasteiger charge is -2.26. The largest absolute Gasteiger partial charge is 0.416 e. The Kier molecular flexibility index (Phi) is 8.47. The van der Waals surface area contributed by atoms with Crippen LogP contribution in [0.2, 0.25) is 0 Å². The van der Waals surface area contributed by atoms with E-state index in [1.165, 1.54) is 6.07 Å². The summed E-state index contributed by atoms with van der Waals surface area (Å²) >= 11 is 5.57. The van der Waals surface area contributed by atoms with Gasteiger partial charge in [0.05, 0.1) is 38.0 Å². The molecule has 0 fully saturated rings. The van der Waals surface area contributed by atoms with Crippen LogP contribution in [0.3, 0.4) is 0 Å². The smallest absolute Gasteiger partial charge is 0.279 e. The number of halogens is 6. The Labute approximate surface area is 224 Å². The zero-order valence-corrected chi connectivity index (χ0v) is 21.4. The van der Waals surface area contributed by atoms with Gasteiger partial charge >= 0.3 is 6.18 Å². The molecule has 0 aliphatic rings. The number of alkyl halides is 6. The molecule has 198 valence electrons. The lowest BCUT2D eigenvalue weighted by atomic mass is 9.86. The molecule has 0 aliphatic heterocycles. The predicted molar refractivity (Wildman–Crippen MR) is 141 cm³/mol. The quantitative estimate of drug-likeness (QED) is 0.127. The van der Waals surface area contributed by atoms with Crippen molar-refractivity contribution in [1.29, 1.82) is 0 Å². The summed E-state index contributed by atoms with van der Waals surface area (Å²) in [6.07, 6.45) is -4.67. The third-order valence-corrected chi connectivity index (χ3v) is 7.32. The third kappa shape index (κ3) is 5.73. The van der Waals surface area contributed by atoms with Gasteiger partial charge in [-0.2, -0.15) is 13.2 Å². The summed E-state index contributed by atoms with van der Waals surface area (Å²) < 4.78 is 84.6. The fourth-order valence-corrected chi connectivity index (χ4v) is 5.30. The van der Waals surface area contributed by atoms with Crippen LogP contribution in [0.25, 0.3) is 5.69 Å². The number of thiazole rings is 1. The molecular weight excluding hydrogens is 544 g/mol. The Balaban J connectivity index is 2.03. The van der Waals surface area contributed by atoms with E-state index in [4.69, 9.17) is 0 Å². The fraction of sp³-hybridized carbons (Fsp3) is 0.185. The van der Waals surface area contributed by atoms with Crippen LogP contribution < -0.4 is 4.80 Å². The molecule has 38 heavy (non-hydrogen) atoms. The minimum atomic E-state index is -4.67. The van der Waals surface area contributed by atoms with Gasteiger partial charge < -0.3 is 0 Å². The van der Waals surface area contributed by atoms with Crippen molar-refractivity contribution in [2.24, 2.45) is 15.4 Å². The van der Waals surface area contributed by atoms with E-state index in [-0.39, 0.29) is 15.6 Å². The Hall–Kier alpha value is -3.31. The van der Waals surface area contributed by atoms with Crippen molar-refractivity contribution < 1.29 is 26.3 Å². The second-order valence-corrected chi connectivity index (χ2v) is 9.75. The van der Waals surface area contributed by atoms with Crippen LogP contribution in [0.15, 0.2) is 99.9 Å². The number of rotatable bonds is 8. The van der Waals surface area contributed by atoms with Crippen molar-refractivity contribution in [2.45, 2.75) is 11.2 Å². The van der Waals surface area contributed by atoms with Gasteiger partial charge in [0, 0.05) is 5.69 Å². The molecule has 0 aliphatic carbocycles. The molecule has 11 heteroatoms. The maximum Gasteiger partial charge on any atom is 0.416 e. The second kappa shape index (κ2) is 11.6. The summed E-state index contributed by atoms with van der Waals surface area (Å²) in [5, 5.41) is 0.154. The van der Waals surface area contributed by atoms with Gasteiger partial charge in [-0.25, -0.2) is 18.2 Å². The summed E-state index contributed by atoms with van der Waals surface area (Å²) in [6, 6.07) is 21.7. The summed E-state index contributed by atoms with van der Waals surface area (Å²) in [4.78, 5) is 9.27.